The van der Waals surface area contributed by atoms with Gasteiger partial charge in [0.25, 0.3) is 0 Å². The number of carbonyl (C=O) groups is 1. The van der Waals surface area contributed by atoms with Crippen molar-refractivity contribution >= 4 is 44.8 Å². The van der Waals surface area contributed by atoms with E-state index in [4.69, 9.17) is 17.2 Å². The monoisotopic (exact) mass is 417 g/mol. The first kappa shape index (κ1) is 22.2. The molecule has 0 fully saturated rings. The Labute approximate surface area is 175 Å². The Morgan fingerprint density at radius 2 is 1.96 bits per heavy atom. The van der Waals surface area contributed by atoms with Crippen LogP contribution in [0.3, 0.4) is 0 Å². The van der Waals surface area contributed by atoms with Crippen LogP contribution in [0.15, 0.2) is 43.5 Å². The molecule has 0 amide bonds. The fraction of sp³-hybridized carbons (Fsp3) is 0.409. The second-order valence-corrected chi connectivity index (χ2v) is 8.65. The highest BCUT2D eigenvalue weighted by Gasteiger charge is 2.50. The van der Waals surface area contributed by atoms with Crippen molar-refractivity contribution in [2.24, 2.45) is 5.92 Å². The molecule has 1 aromatic carbocycles. The van der Waals surface area contributed by atoms with Crippen LogP contribution in [0.1, 0.15) is 56.0 Å². The molecular formula is C22H27NO3S2. The van der Waals surface area contributed by atoms with Crippen molar-refractivity contribution in [1.29, 1.82) is 0 Å². The zero-order valence-electron chi connectivity index (χ0n) is 16.4. The first-order valence-electron chi connectivity index (χ1n) is 9.37. The lowest BCUT2D eigenvalue weighted by Crippen LogP contribution is -2.46. The van der Waals surface area contributed by atoms with Gasteiger partial charge in [-0.05, 0) is 55.4 Å². The lowest BCUT2D eigenvalue weighted by molar-refractivity contribution is -0.144. The van der Waals surface area contributed by atoms with E-state index in [1.807, 2.05) is 18.2 Å². The number of aliphatic hydroxyl groups is 1. The predicted molar refractivity (Wildman–Crippen MR) is 121 cm³/mol. The van der Waals surface area contributed by atoms with Gasteiger partial charge in [0.1, 0.15) is 10.4 Å². The summed E-state index contributed by atoms with van der Waals surface area (Å²) >= 11 is 6.67. The van der Waals surface area contributed by atoms with Crippen LogP contribution in [0.25, 0.3) is 10.2 Å². The smallest absolute Gasteiger partial charge is 0.308 e. The SMILES string of the molecule is C=CCCC(C(=O)O)C(CCC=C)(C(O)=S)c1nc2c(C(C)C)cccc2s1. The lowest BCUT2D eigenvalue weighted by Gasteiger charge is -2.35. The van der Waals surface area contributed by atoms with E-state index >= 15 is 0 Å². The molecule has 1 aromatic heterocycles. The number of aliphatic hydroxyl groups excluding tert-OH is 1. The van der Waals surface area contributed by atoms with Crippen molar-refractivity contribution in [3.63, 3.8) is 0 Å². The third kappa shape index (κ3) is 4.18. The van der Waals surface area contributed by atoms with Crippen molar-refractivity contribution in [3.8, 4) is 0 Å². The van der Waals surface area contributed by atoms with Crippen molar-refractivity contribution in [1.82, 2.24) is 4.98 Å². The molecule has 0 saturated heterocycles. The Balaban J connectivity index is 2.76. The zero-order chi connectivity index (χ0) is 20.9. The van der Waals surface area contributed by atoms with E-state index < -0.39 is 17.3 Å². The van der Waals surface area contributed by atoms with E-state index in [0.717, 1.165) is 15.8 Å². The number of allylic oxidation sites excluding steroid dienone is 2. The number of fused-ring (bicyclic) bond motifs is 1. The van der Waals surface area contributed by atoms with Gasteiger partial charge in [0.2, 0.25) is 0 Å². The third-order valence-electron chi connectivity index (χ3n) is 5.13. The summed E-state index contributed by atoms with van der Waals surface area (Å²) in [5.74, 6) is -1.62. The summed E-state index contributed by atoms with van der Waals surface area (Å²) in [7, 11) is 0. The van der Waals surface area contributed by atoms with E-state index in [1.165, 1.54) is 11.3 Å². The molecule has 0 saturated carbocycles. The quantitative estimate of drug-likeness (QED) is 0.338. The Morgan fingerprint density at radius 3 is 2.50 bits per heavy atom. The summed E-state index contributed by atoms with van der Waals surface area (Å²) in [6.45, 7) is 11.7. The Morgan fingerprint density at radius 1 is 1.29 bits per heavy atom. The number of hydrogen-bond donors (Lipinski definition) is 2. The molecule has 4 nitrogen and oxygen atoms in total. The highest BCUT2D eigenvalue weighted by Crippen LogP contribution is 2.45. The van der Waals surface area contributed by atoms with E-state index in [0.29, 0.717) is 30.7 Å². The summed E-state index contributed by atoms with van der Waals surface area (Å²) in [6, 6.07) is 5.99. The fourth-order valence-electron chi connectivity index (χ4n) is 3.60. The first-order valence-corrected chi connectivity index (χ1v) is 10.6. The Bertz CT molecular complexity index is 887. The van der Waals surface area contributed by atoms with Gasteiger partial charge in [0.05, 0.1) is 16.1 Å². The number of carboxylic acid groups (broad SMARTS) is 1. The largest absolute Gasteiger partial charge is 0.501 e. The molecule has 150 valence electrons. The zero-order valence-corrected chi connectivity index (χ0v) is 18.0. The number of hydrogen-bond acceptors (Lipinski definition) is 4. The van der Waals surface area contributed by atoms with Crippen molar-refractivity contribution in [2.45, 2.75) is 50.9 Å². The van der Waals surface area contributed by atoms with Gasteiger partial charge < -0.3 is 10.2 Å². The van der Waals surface area contributed by atoms with Gasteiger partial charge in [-0.2, -0.15) is 0 Å². The number of aromatic nitrogens is 1. The molecule has 0 aliphatic heterocycles. The van der Waals surface area contributed by atoms with E-state index in [1.54, 1.807) is 12.2 Å². The molecule has 2 atom stereocenters. The standard InChI is InChI=1S/C22H27NO3S2/c1-5-7-11-16(19(24)25)22(21(26)27,13-8-6-2)20-23-18-15(14(3)4)10-9-12-17(18)28-20/h5-6,9-10,12,14,16H,1-2,7-8,11,13H2,3-4H3,(H,24,25)(H,26,27). The van der Waals surface area contributed by atoms with Gasteiger partial charge in [0.15, 0.2) is 5.05 Å². The molecule has 28 heavy (non-hydrogen) atoms. The molecular weight excluding hydrogens is 390 g/mol. The van der Waals surface area contributed by atoms with Crippen LogP contribution >= 0.6 is 23.6 Å². The normalized spacial score (nSPS) is 14.5. The second-order valence-electron chi connectivity index (χ2n) is 7.23. The molecule has 6 heteroatoms. The average Bonchev–Trinajstić information content (AvgIpc) is 3.08. The van der Waals surface area contributed by atoms with E-state index in [-0.39, 0.29) is 11.0 Å². The van der Waals surface area contributed by atoms with E-state index in [9.17, 15) is 15.0 Å². The van der Waals surface area contributed by atoms with Crippen molar-refractivity contribution in [3.05, 3.63) is 54.1 Å². The summed E-state index contributed by atoms with van der Waals surface area (Å²) in [5, 5.41) is 20.9. The van der Waals surface area contributed by atoms with Crippen LogP contribution in [-0.2, 0) is 10.2 Å². The predicted octanol–water partition coefficient (Wildman–Crippen LogP) is 6.18. The molecule has 0 aliphatic carbocycles. The first-order chi connectivity index (χ1) is 13.3. The van der Waals surface area contributed by atoms with Crippen molar-refractivity contribution in [2.75, 3.05) is 0 Å². The summed E-state index contributed by atoms with van der Waals surface area (Å²) in [6.07, 6.45) is 5.10. The molecule has 1 heterocycles. The topological polar surface area (TPSA) is 70.4 Å². The number of thiazole rings is 1. The fourth-order valence-corrected chi connectivity index (χ4v) is 5.28. The van der Waals surface area contributed by atoms with Crippen LogP contribution in [0.2, 0.25) is 0 Å². The number of rotatable bonds is 11. The van der Waals surface area contributed by atoms with Gasteiger partial charge >= 0.3 is 5.97 Å². The summed E-state index contributed by atoms with van der Waals surface area (Å²) in [4.78, 5) is 17.1. The molecule has 0 radical (unpaired) electrons. The van der Waals surface area contributed by atoms with Crippen LogP contribution in [-0.4, -0.2) is 26.2 Å². The summed E-state index contributed by atoms with van der Waals surface area (Å²) < 4.78 is 0.966. The minimum absolute atomic E-state index is 0.276. The van der Waals surface area contributed by atoms with Gasteiger partial charge in [-0.1, -0.05) is 38.1 Å². The maximum absolute atomic E-state index is 12.2. The van der Waals surface area contributed by atoms with Crippen LogP contribution in [0.5, 0.6) is 0 Å². The molecule has 0 spiro atoms. The van der Waals surface area contributed by atoms with Gasteiger partial charge in [-0.3, -0.25) is 4.79 Å². The third-order valence-corrected chi connectivity index (χ3v) is 6.69. The highest BCUT2D eigenvalue weighted by molar-refractivity contribution is 7.80. The number of carboxylic acids is 1. The number of benzene rings is 1. The van der Waals surface area contributed by atoms with E-state index in [2.05, 4.69) is 27.0 Å². The molecule has 2 unspecified atom stereocenters. The highest BCUT2D eigenvalue weighted by atomic mass is 32.1. The van der Waals surface area contributed by atoms with Crippen LogP contribution in [0, 0.1) is 5.92 Å². The number of thiocarbonyl (C=S) groups is 1. The van der Waals surface area contributed by atoms with Crippen LogP contribution in [0.4, 0.5) is 0 Å². The minimum atomic E-state index is -1.24. The Hall–Kier alpha value is -2.05. The lowest BCUT2D eigenvalue weighted by atomic mass is 9.70. The molecule has 2 aromatic rings. The Kier molecular flexibility index (Phi) is 7.49. The number of aliphatic carboxylic acids is 1. The van der Waals surface area contributed by atoms with Gasteiger partial charge in [0, 0.05) is 0 Å². The van der Waals surface area contributed by atoms with Crippen molar-refractivity contribution < 1.29 is 15.0 Å². The molecule has 0 aliphatic rings. The van der Waals surface area contributed by atoms with Crippen LogP contribution < -0.4 is 0 Å². The minimum Gasteiger partial charge on any atom is -0.501 e. The maximum Gasteiger partial charge on any atom is 0.308 e. The summed E-state index contributed by atoms with van der Waals surface area (Å²) in [5.41, 5.74) is 0.708. The maximum atomic E-state index is 12.2. The number of para-hydroxylation sites is 1. The molecule has 2 rings (SSSR count). The number of nitrogens with zero attached hydrogens (tertiary/aromatic N) is 1. The van der Waals surface area contributed by atoms with Gasteiger partial charge in [-0.15, -0.1) is 24.5 Å². The second kappa shape index (κ2) is 9.43. The average molecular weight is 418 g/mol. The molecule has 0 bridgehead atoms. The molecule has 2 N–H and O–H groups in total. The van der Waals surface area contributed by atoms with Gasteiger partial charge in [-0.25, -0.2) is 4.98 Å².